The summed E-state index contributed by atoms with van der Waals surface area (Å²) in [6.07, 6.45) is 5.38. The molecule has 0 unspecified atom stereocenters. The number of hydrogen-bond acceptors (Lipinski definition) is 3. The van der Waals surface area contributed by atoms with Gasteiger partial charge < -0.3 is 9.64 Å². The SMILES string of the molecule is COC(=O)C[C@@H]1[C@@H](Cc2ccccc2)C[C@@H]2CC[C@H]1N2C. The molecule has 3 rings (SSSR count). The third kappa shape index (κ3) is 2.98. The Hall–Kier alpha value is -1.35. The van der Waals surface area contributed by atoms with Crippen molar-refractivity contribution in [2.45, 2.75) is 44.2 Å². The van der Waals surface area contributed by atoms with Crippen LogP contribution >= 0.6 is 0 Å². The van der Waals surface area contributed by atoms with Gasteiger partial charge in [0.25, 0.3) is 0 Å². The van der Waals surface area contributed by atoms with Gasteiger partial charge in [-0.15, -0.1) is 0 Å². The van der Waals surface area contributed by atoms with Crippen LogP contribution in [0.25, 0.3) is 0 Å². The molecule has 1 aromatic rings. The maximum Gasteiger partial charge on any atom is 0.305 e. The number of piperidine rings is 1. The van der Waals surface area contributed by atoms with Crippen LogP contribution in [0.4, 0.5) is 0 Å². The van der Waals surface area contributed by atoms with Crippen molar-refractivity contribution in [2.24, 2.45) is 11.8 Å². The molecular formula is C18H25NO2. The largest absolute Gasteiger partial charge is 0.469 e. The number of carbonyl (C=O) groups is 1. The van der Waals surface area contributed by atoms with Crippen molar-refractivity contribution in [3.05, 3.63) is 35.9 Å². The zero-order valence-corrected chi connectivity index (χ0v) is 13.0. The maximum atomic E-state index is 11.8. The average molecular weight is 287 g/mol. The molecule has 2 aliphatic heterocycles. The van der Waals surface area contributed by atoms with Gasteiger partial charge in [-0.25, -0.2) is 0 Å². The smallest absolute Gasteiger partial charge is 0.305 e. The number of ether oxygens (including phenoxy) is 1. The first kappa shape index (κ1) is 14.6. The van der Waals surface area contributed by atoms with Crippen molar-refractivity contribution in [2.75, 3.05) is 14.2 Å². The predicted octanol–water partition coefficient (Wildman–Crippen LogP) is 2.89. The number of rotatable bonds is 4. The van der Waals surface area contributed by atoms with Crippen LogP contribution in [0.1, 0.15) is 31.2 Å². The molecule has 2 saturated heterocycles. The van der Waals surface area contributed by atoms with Gasteiger partial charge in [-0.3, -0.25) is 4.79 Å². The van der Waals surface area contributed by atoms with Gasteiger partial charge in [0.1, 0.15) is 0 Å². The molecule has 114 valence electrons. The number of carbonyl (C=O) groups excluding carboxylic acids is 1. The van der Waals surface area contributed by atoms with E-state index in [1.807, 2.05) is 0 Å². The molecule has 0 saturated carbocycles. The second-order valence-corrected chi connectivity index (χ2v) is 6.59. The molecular weight excluding hydrogens is 262 g/mol. The predicted molar refractivity (Wildman–Crippen MR) is 82.9 cm³/mol. The van der Waals surface area contributed by atoms with E-state index in [9.17, 15) is 4.79 Å². The second kappa shape index (κ2) is 6.18. The molecule has 3 nitrogen and oxygen atoms in total. The summed E-state index contributed by atoms with van der Waals surface area (Å²) >= 11 is 0. The first-order chi connectivity index (χ1) is 10.2. The zero-order chi connectivity index (χ0) is 14.8. The van der Waals surface area contributed by atoms with E-state index in [4.69, 9.17) is 4.74 Å². The Kier molecular flexibility index (Phi) is 4.29. The summed E-state index contributed by atoms with van der Waals surface area (Å²) < 4.78 is 4.94. The van der Waals surface area contributed by atoms with Crippen LogP contribution in [0.15, 0.2) is 30.3 Å². The van der Waals surface area contributed by atoms with E-state index in [0.717, 1.165) is 6.42 Å². The van der Waals surface area contributed by atoms with Crippen LogP contribution in [-0.2, 0) is 16.0 Å². The summed E-state index contributed by atoms with van der Waals surface area (Å²) in [6.45, 7) is 0. The summed E-state index contributed by atoms with van der Waals surface area (Å²) in [6, 6.07) is 11.9. The standard InChI is InChI=1S/C18H25NO2/c1-19-15-8-9-17(19)16(12-18(20)21-2)14(11-15)10-13-6-4-3-5-7-13/h3-7,14-17H,8-12H2,1-2H3/t14-,15-,16+,17+/m0/s1. The summed E-state index contributed by atoms with van der Waals surface area (Å²) in [5.41, 5.74) is 1.39. The third-order valence-electron chi connectivity index (χ3n) is 5.54. The number of esters is 1. The molecule has 4 atom stereocenters. The van der Waals surface area contributed by atoms with Crippen LogP contribution in [0.2, 0.25) is 0 Å². The van der Waals surface area contributed by atoms with Crippen LogP contribution in [0.5, 0.6) is 0 Å². The highest BCUT2D eigenvalue weighted by Crippen LogP contribution is 2.44. The molecule has 2 heterocycles. The maximum absolute atomic E-state index is 11.8. The van der Waals surface area contributed by atoms with Crippen molar-refractivity contribution < 1.29 is 9.53 Å². The van der Waals surface area contributed by atoms with Gasteiger partial charge in [0.2, 0.25) is 0 Å². The van der Waals surface area contributed by atoms with E-state index >= 15 is 0 Å². The number of benzene rings is 1. The van der Waals surface area contributed by atoms with Gasteiger partial charge in [-0.2, -0.15) is 0 Å². The highest BCUT2D eigenvalue weighted by molar-refractivity contribution is 5.69. The average Bonchev–Trinajstić information content (AvgIpc) is 2.75. The summed E-state index contributed by atoms with van der Waals surface area (Å²) in [5, 5.41) is 0. The fourth-order valence-electron chi connectivity index (χ4n) is 4.41. The van der Waals surface area contributed by atoms with Gasteiger partial charge in [0.05, 0.1) is 13.5 Å². The minimum Gasteiger partial charge on any atom is -0.469 e. The van der Waals surface area contributed by atoms with Crippen molar-refractivity contribution in [3.8, 4) is 0 Å². The lowest BCUT2D eigenvalue weighted by Gasteiger charge is -2.43. The van der Waals surface area contributed by atoms with Crippen molar-refractivity contribution >= 4 is 5.97 Å². The molecule has 0 spiro atoms. The summed E-state index contributed by atoms with van der Waals surface area (Å²) in [5.74, 6) is 0.971. The molecule has 0 radical (unpaired) electrons. The van der Waals surface area contributed by atoms with E-state index in [0.29, 0.717) is 30.3 Å². The van der Waals surface area contributed by atoms with Crippen molar-refractivity contribution in [1.82, 2.24) is 4.90 Å². The highest BCUT2D eigenvalue weighted by atomic mass is 16.5. The summed E-state index contributed by atoms with van der Waals surface area (Å²) in [4.78, 5) is 14.3. The minimum absolute atomic E-state index is 0.0585. The fourth-order valence-corrected chi connectivity index (χ4v) is 4.41. The molecule has 0 N–H and O–H groups in total. The van der Waals surface area contributed by atoms with Crippen LogP contribution < -0.4 is 0 Å². The summed E-state index contributed by atoms with van der Waals surface area (Å²) in [7, 11) is 3.73. The highest BCUT2D eigenvalue weighted by Gasteiger charge is 2.45. The van der Waals surface area contributed by atoms with E-state index in [-0.39, 0.29) is 5.97 Å². The topological polar surface area (TPSA) is 29.5 Å². The Balaban J connectivity index is 1.77. The second-order valence-electron chi connectivity index (χ2n) is 6.59. The Labute approximate surface area is 127 Å². The van der Waals surface area contributed by atoms with Gasteiger partial charge in [-0.05, 0) is 50.1 Å². The molecule has 3 heteroatoms. The first-order valence-corrected chi connectivity index (χ1v) is 8.01. The van der Waals surface area contributed by atoms with E-state index in [2.05, 4.69) is 42.3 Å². The van der Waals surface area contributed by atoms with Gasteiger partial charge >= 0.3 is 5.97 Å². The molecule has 0 amide bonds. The zero-order valence-electron chi connectivity index (χ0n) is 13.0. The third-order valence-corrected chi connectivity index (χ3v) is 5.54. The van der Waals surface area contributed by atoms with Crippen LogP contribution in [0.3, 0.4) is 0 Å². The minimum atomic E-state index is -0.0585. The van der Waals surface area contributed by atoms with Crippen molar-refractivity contribution in [1.29, 1.82) is 0 Å². The molecule has 0 aliphatic carbocycles. The number of methoxy groups -OCH3 is 1. The van der Waals surface area contributed by atoms with E-state index in [1.54, 1.807) is 0 Å². The van der Waals surface area contributed by atoms with Crippen LogP contribution in [-0.4, -0.2) is 37.1 Å². The lowest BCUT2D eigenvalue weighted by molar-refractivity contribution is -0.143. The van der Waals surface area contributed by atoms with Gasteiger partial charge in [-0.1, -0.05) is 30.3 Å². The van der Waals surface area contributed by atoms with E-state index < -0.39 is 0 Å². The Morgan fingerprint density at radius 1 is 1.29 bits per heavy atom. The molecule has 21 heavy (non-hydrogen) atoms. The Morgan fingerprint density at radius 3 is 2.76 bits per heavy atom. The Bertz CT molecular complexity index is 487. The van der Waals surface area contributed by atoms with E-state index in [1.165, 1.54) is 31.9 Å². The normalized spacial score (nSPS) is 32.1. The molecule has 2 aliphatic rings. The van der Waals surface area contributed by atoms with Gasteiger partial charge in [0.15, 0.2) is 0 Å². The fraction of sp³-hybridized carbons (Fsp3) is 0.611. The molecule has 0 aromatic heterocycles. The Morgan fingerprint density at radius 2 is 2.05 bits per heavy atom. The molecule has 2 bridgehead atoms. The molecule has 2 fully saturated rings. The number of hydrogen-bond donors (Lipinski definition) is 0. The lowest BCUT2D eigenvalue weighted by Crippen LogP contribution is -2.47. The first-order valence-electron chi connectivity index (χ1n) is 8.01. The van der Waals surface area contributed by atoms with Crippen molar-refractivity contribution in [3.63, 3.8) is 0 Å². The van der Waals surface area contributed by atoms with Gasteiger partial charge in [0, 0.05) is 12.1 Å². The lowest BCUT2D eigenvalue weighted by atomic mass is 9.75. The number of nitrogens with zero attached hydrogens (tertiary/aromatic N) is 1. The molecule has 1 aromatic carbocycles. The number of fused-ring (bicyclic) bond motifs is 2. The monoisotopic (exact) mass is 287 g/mol. The quantitative estimate of drug-likeness (QED) is 0.798. The van der Waals surface area contributed by atoms with Crippen LogP contribution in [0, 0.1) is 11.8 Å².